The van der Waals surface area contributed by atoms with Crippen molar-refractivity contribution in [2.24, 2.45) is 5.73 Å². The first-order chi connectivity index (χ1) is 6.59. The Morgan fingerprint density at radius 1 is 1.43 bits per heavy atom. The SMILES string of the molecule is CC(N)CCCc1nc(C(C)C)cs1. The first-order valence-electron chi connectivity index (χ1n) is 5.29. The maximum atomic E-state index is 5.69. The molecule has 14 heavy (non-hydrogen) atoms. The van der Waals surface area contributed by atoms with Crippen LogP contribution in [0.1, 0.15) is 50.2 Å². The van der Waals surface area contributed by atoms with Gasteiger partial charge >= 0.3 is 0 Å². The van der Waals surface area contributed by atoms with Crippen LogP contribution in [-0.2, 0) is 6.42 Å². The lowest BCUT2D eigenvalue weighted by molar-refractivity contribution is 0.622. The van der Waals surface area contributed by atoms with Crippen LogP contribution in [0.3, 0.4) is 0 Å². The van der Waals surface area contributed by atoms with Crippen LogP contribution in [0.2, 0.25) is 0 Å². The van der Waals surface area contributed by atoms with Crippen molar-refractivity contribution in [3.63, 3.8) is 0 Å². The van der Waals surface area contributed by atoms with Crippen LogP contribution in [-0.4, -0.2) is 11.0 Å². The molecule has 0 radical (unpaired) electrons. The molecule has 3 heteroatoms. The lowest BCUT2D eigenvalue weighted by atomic mass is 10.1. The Bertz CT molecular complexity index is 266. The fourth-order valence-electron chi connectivity index (χ4n) is 1.28. The molecule has 1 aromatic heterocycles. The third-order valence-electron chi connectivity index (χ3n) is 2.21. The maximum Gasteiger partial charge on any atom is 0.0928 e. The van der Waals surface area contributed by atoms with Crippen LogP contribution in [0.5, 0.6) is 0 Å². The predicted octanol–water partition coefficient (Wildman–Crippen LogP) is 2.94. The van der Waals surface area contributed by atoms with Gasteiger partial charge in [0, 0.05) is 11.4 Å². The standard InChI is InChI=1S/C11H20N2S/c1-8(2)10-7-14-11(13-10)6-4-5-9(3)12/h7-9H,4-6,12H2,1-3H3. The topological polar surface area (TPSA) is 38.9 Å². The van der Waals surface area contributed by atoms with Crippen LogP contribution in [0.15, 0.2) is 5.38 Å². The van der Waals surface area contributed by atoms with Gasteiger partial charge in [-0.15, -0.1) is 11.3 Å². The fraction of sp³-hybridized carbons (Fsp3) is 0.727. The van der Waals surface area contributed by atoms with Crippen LogP contribution in [0.25, 0.3) is 0 Å². The summed E-state index contributed by atoms with van der Waals surface area (Å²) in [5.74, 6) is 0.549. The summed E-state index contributed by atoms with van der Waals surface area (Å²) in [6, 6.07) is 0.319. The minimum Gasteiger partial charge on any atom is -0.328 e. The number of aryl methyl sites for hydroxylation is 1. The number of hydrogen-bond donors (Lipinski definition) is 1. The summed E-state index contributed by atoms with van der Waals surface area (Å²) in [6.07, 6.45) is 3.33. The zero-order valence-electron chi connectivity index (χ0n) is 9.29. The van der Waals surface area contributed by atoms with Crippen LogP contribution >= 0.6 is 11.3 Å². The highest BCUT2D eigenvalue weighted by Gasteiger charge is 2.05. The maximum absolute atomic E-state index is 5.69. The lowest BCUT2D eigenvalue weighted by Gasteiger charge is -2.02. The van der Waals surface area contributed by atoms with Gasteiger partial charge in [-0.2, -0.15) is 0 Å². The Labute approximate surface area is 90.6 Å². The van der Waals surface area contributed by atoms with E-state index in [2.05, 4.69) is 31.1 Å². The molecule has 0 spiro atoms. The van der Waals surface area contributed by atoms with Gasteiger partial charge in [0.15, 0.2) is 0 Å². The van der Waals surface area contributed by atoms with Gasteiger partial charge in [-0.3, -0.25) is 0 Å². The van der Waals surface area contributed by atoms with Gasteiger partial charge in [0.2, 0.25) is 0 Å². The second-order valence-electron chi connectivity index (χ2n) is 4.19. The van der Waals surface area contributed by atoms with Crippen molar-refractivity contribution < 1.29 is 0 Å². The molecule has 2 nitrogen and oxygen atoms in total. The Kier molecular flexibility index (Phi) is 4.55. The van der Waals surface area contributed by atoms with Crippen molar-refractivity contribution >= 4 is 11.3 Å². The minimum atomic E-state index is 0.319. The van der Waals surface area contributed by atoms with Gasteiger partial charge in [-0.1, -0.05) is 13.8 Å². The molecule has 0 bridgehead atoms. The normalized spacial score (nSPS) is 13.5. The second kappa shape index (κ2) is 5.47. The molecule has 0 aliphatic rings. The predicted molar refractivity (Wildman–Crippen MR) is 62.8 cm³/mol. The molecular weight excluding hydrogens is 192 g/mol. The van der Waals surface area contributed by atoms with E-state index in [0.717, 1.165) is 19.3 Å². The second-order valence-corrected chi connectivity index (χ2v) is 5.13. The zero-order chi connectivity index (χ0) is 10.6. The molecule has 0 aliphatic carbocycles. The minimum absolute atomic E-state index is 0.319. The van der Waals surface area contributed by atoms with E-state index in [4.69, 9.17) is 5.73 Å². The molecule has 1 rings (SSSR count). The number of nitrogens with two attached hydrogens (primary N) is 1. The monoisotopic (exact) mass is 212 g/mol. The lowest BCUT2D eigenvalue weighted by Crippen LogP contribution is -2.14. The van der Waals surface area contributed by atoms with Gasteiger partial charge in [0.1, 0.15) is 0 Å². The van der Waals surface area contributed by atoms with Crippen molar-refractivity contribution in [3.8, 4) is 0 Å². The van der Waals surface area contributed by atoms with E-state index in [9.17, 15) is 0 Å². The van der Waals surface area contributed by atoms with E-state index in [1.165, 1.54) is 10.7 Å². The Hall–Kier alpha value is -0.410. The Morgan fingerprint density at radius 2 is 2.14 bits per heavy atom. The van der Waals surface area contributed by atoms with Crippen LogP contribution < -0.4 is 5.73 Å². The third kappa shape index (κ3) is 3.76. The molecule has 1 heterocycles. The van der Waals surface area contributed by atoms with E-state index < -0.39 is 0 Å². The molecule has 0 saturated heterocycles. The molecule has 1 aromatic rings. The summed E-state index contributed by atoms with van der Waals surface area (Å²) in [4.78, 5) is 4.58. The number of thiazole rings is 1. The van der Waals surface area contributed by atoms with Gasteiger partial charge in [-0.05, 0) is 32.1 Å². The summed E-state index contributed by atoms with van der Waals surface area (Å²) in [5.41, 5.74) is 6.92. The van der Waals surface area contributed by atoms with Gasteiger partial charge in [-0.25, -0.2) is 4.98 Å². The molecular formula is C11H20N2S. The van der Waals surface area contributed by atoms with E-state index >= 15 is 0 Å². The zero-order valence-corrected chi connectivity index (χ0v) is 10.1. The van der Waals surface area contributed by atoms with Crippen LogP contribution in [0, 0.1) is 0 Å². The molecule has 2 N–H and O–H groups in total. The summed E-state index contributed by atoms with van der Waals surface area (Å²) in [7, 11) is 0. The molecule has 0 fully saturated rings. The molecule has 1 unspecified atom stereocenters. The van der Waals surface area contributed by atoms with Gasteiger partial charge in [0.05, 0.1) is 10.7 Å². The van der Waals surface area contributed by atoms with Gasteiger partial charge in [0.25, 0.3) is 0 Å². The third-order valence-corrected chi connectivity index (χ3v) is 3.14. The van der Waals surface area contributed by atoms with E-state index in [1.807, 2.05) is 0 Å². The van der Waals surface area contributed by atoms with Gasteiger partial charge < -0.3 is 5.73 Å². The number of nitrogens with zero attached hydrogens (tertiary/aromatic N) is 1. The van der Waals surface area contributed by atoms with Crippen molar-refractivity contribution in [1.29, 1.82) is 0 Å². The summed E-state index contributed by atoms with van der Waals surface area (Å²) in [6.45, 7) is 6.42. The average molecular weight is 212 g/mol. The first-order valence-corrected chi connectivity index (χ1v) is 6.17. The highest BCUT2D eigenvalue weighted by atomic mass is 32.1. The molecule has 0 aromatic carbocycles. The molecule has 0 saturated carbocycles. The first kappa shape index (κ1) is 11.7. The number of aromatic nitrogens is 1. The number of rotatable bonds is 5. The summed E-state index contributed by atoms with van der Waals surface area (Å²) < 4.78 is 0. The van der Waals surface area contributed by atoms with Crippen LogP contribution in [0.4, 0.5) is 0 Å². The van der Waals surface area contributed by atoms with Crippen molar-refractivity contribution in [3.05, 3.63) is 16.1 Å². The van der Waals surface area contributed by atoms with Crippen molar-refractivity contribution in [2.75, 3.05) is 0 Å². The van der Waals surface area contributed by atoms with E-state index in [0.29, 0.717) is 12.0 Å². The fourth-order valence-corrected chi connectivity index (χ4v) is 2.28. The molecule has 1 atom stereocenters. The molecule has 80 valence electrons. The Morgan fingerprint density at radius 3 is 2.64 bits per heavy atom. The van der Waals surface area contributed by atoms with E-state index in [1.54, 1.807) is 11.3 Å². The molecule has 0 aliphatic heterocycles. The largest absolute Gasteiger partial charge is 0.328 e. The van der Waals surface area contributed by atoms with E-state index in [-0.39, 0.29) is 0 Å². The quantitative estimate of drug-likeness (QED) is 0.815. The highest BCUT2D eigenvalue weighted by molar-refractivity contribution is 7.09. The Balaban J connectivity index is 2.36. The summed E-state index contributed by atoms with van der Waals surface area (Å²) >= 11 is 1.78. The smallest absolute Gasteiger partial charge is 0.0928 e. The van der Waals surface area contributed by atoms with Crippen molar-refractivity contribution in [2.45, 2.75) is 52.0 Å². The number of hydrogen-bond acceptors (Lipinski definition) is 3. The average Bonchev–Trinajstić information content (AvgIpc) is 2.52. The van der Waals surface area contributed by atoms with Crippen molar-refractivity contribution in [1.82, 2.24) is 4.98 Å². The molecule has 0 amide bonds. The highest BCUT2D eigenvalue weighted by Crippen LogP contribution is 2.19. The summed E-state index contributed by atoms with van der Waals surface area (Å²) in [5, 5.41) is 3.43.